The molecule has 0 aliphatic heterocycles. The predicted octanol–water partition coefficient (Wildman–Crippen LogP) is 3.05. The fourth-order valence-corrected chi connectivity index (χ4v) is 2.27. The average Bonchev–Trinajstić information content (AvgIpc) is 2.29. The Labute approximate surface area is 99.4 Å². The number of carbonyl (C=O) groups is 1. The first kappa shape index (κ1) is 13.3. The molecule has 2 amide bonds. The van der Waals surface area contributed by atoms with Crippen molar-refractivity contribution < 1.29 is 4.79 Å². The van der Waals surface area contributed by atoms with Crippen LogP contribution in [0.4, 0.5) is 4.79 Å². The molecule has 16 heavy (non-hydrogen) atoms. The minimum Gasteiger partial charge on any atom is -0.336 e. The Morgan fingerprint density at radius 3 is 2.38 bits per heavy atom. The fraction of sp³-hybridized carbons (Fsp3) is 0.923. The maximum absolute atomic E-state index is 11.6. The highest BCUT2D eigenvalue weighted by Gasteiger charge is 2.21. The van der Waals surface area contributed by atoms with Gasteiger partial charge in [-0.25, -0.2) is 4.79 Å². The number of urea groups is 1. The third-order valence-corrected chi connectivity index (χ3v) is 3.75. The van der Waals surface area contributed by atoms with Crippen molar-refractivity contribution in [1.29, 1.82) is 0 Å². The molecule has 1 atom stereocenters. The van der Waals surface area contributed by atoms with E-state index in [0.717, 1.165) is 25.2 Å². The van der Waals surface area contributed by atoms with Gasteiger partial charge in [-0.05, 0) is 44.9 Å². The van der Waals surface area contributed by atoms with E-state index in [1.807, 2.05) is 6.92 Å². The van der Waals surface area contributed by atoms with Crippen molar-refractivity contribution in [1.82, 2.24) is 10.6 Å². The molecule has 0 unspecified atom stereocenters. The summed E-state index contributed by atoms with van der Waals surface area (Å²) in [4.78, 5) is 11.6. The van der Waals surface area contributed by atoms with Gasteiger partial charge >= 0.3 is 6.03 Å². The third-order valence-electron chi connectivity index (χ3n) is 3.75. The van der Waals surface area contributed by atoms with Gasteiger partial charge < -0.3 is 10.6 Å². The summed E-state index contributed by atoms with van der Waals surface area (Å²) in [7, 11) is 0. The van der Waals surface area contributed by atoms with Gasteiger partial charge in [0.25, 0.3) is 0 Å². The molecule has 0 heterocycles. The molecule has 0 aromatic heterocycles. The van der Waals surface area contributed by atoms with Crippen LogP contribution < -0.4 is 10.6 Å². The highest BCUT2D eigenvalue weighted by Crippen LogP contribution is 2.26. The first-order valence-corrected chi connectivity index (χ1v) is 6.72. The zero-order valence-electron chi connectivity index (χ0n) is 10.9. The summed E-state index contributed by atoms with van der Waals surface area (Å²) in [5, 5.41) is 6.03. The molecule has 0 aromatic rings. The molecule has 1 aliphatic carbocycles. The van der Waals surface area contributed by atoms with Gasteiger partial charge in [0.05, 0.1) is 0 Å². The lowest BCUT2D eigenvalue weighted by Gasteiger charge is -2.28. The monoisotopic (exact) mass is 226 g/mol. The Hall–Kier alpha value is -0.730. The van der Waals surface area contributed by atoms with Crippen molar-refractivity contribution in [2.75, 3.05) is 0 Å². The summed E-state index contributed by atoms with van der Waals surface area (Å²) in [6.07, 6.45) is 7.09. The van der Waals surface area contributed by atoms with Crippen LogP contribution in [-0.4, -0.2) is 18.1 Å². The van der Waals surface area contributed by atoms with E-state index in [4.69, 9.17) is 0 Å². The van der Waals surface area contributed by atoms with E-state index in [2.05, 4.69) is 24.5 Å². The zero-order valence-corrected chi connectivity index (χ0v) is 10.9. The number of carbonyl (C=O) groups excluding carboxylic acids is 1. The molecule has 2 N–H and O–H groups in total. The predicted molar refractivity (Wildman–Crippen MR) is 67.5 cm³/mol. The van der Waals surface area contributed by atoms with Crippen LogP contribution in [0.2, 0.25) is 0 Å². The van der Waals surface area contributed by atoms with E-state index in [1.54, 1.807) is 0 Å². The molecule has 0 radical (unpaired) electrons. The molecule has 1 fully saturated rings. The van der Waals surface area contributed by atoms with Crippen molar-refractivity contribution in [3.05, 3.63) is 0 Å². The van der Waals surface area contributed by atoms with Crippen molar-refractivity contribution in [2.24, 2.45) is 5.92 Å². The van der Waals surface area contributed by atoms with Gasteiger partial charge in [0.15, 0.2) is 0 Å². The molecule has 94 valence electrons. The largest absolute Gasteiger partial charge is 0.336 e. The Morgan fingerprint density at radius 1 is 1.25 bits per heavy atom. The summed E-state index contributed by atoms with van der Waals surface area (Å²) in [6, 6.07) is 0.674. The highest BCUT2D eigenvalue weighted by molar-refractivity contribution is 5.74. The number of nitrogens with one attached hydrogen (secondary N) is 2. The molecule has 0 saturated heterocycles. The second-order valence-corrected chi connectivity index (χ2v) is 5.05. The summed E-state index contributed by atoms with van der Waals surface area (Å²) < 4.78 is 0. The van der Waals surface area contributed by atoms with Crippen molar-refractivity contribution in [3.63, 3.8) is 0 Å². The fourth-order valence-electron chi connectivity index (χ4n) is 2.27. The lowest BCUT2D eigenvalue weighted by atomic mass is 9.85. The summed E-state index contributed by atoms with van der Waals surface area (Å²) in [5.74, 6) is 0.885. The molecule has 0 aromatic carbocycles. The van der Waals surface area contributed by atoms with E-state index in [0.29, 0.717) is 6.04 Å². The first-order chi connectivity index (χ1) is 7.65. The second-order valence-electron chi connectivity index (χ2n) is 5.05. The lowest BCUT2D eigenvalue weighted by molar-refractivity contribution is 0.223. The second kappa shape index (κ2) is 6.77. The molecule has 1 saturated carbocycles. The summed E-state index contributed by atoms with van der Waals surface area (Å²) >= 11 is 0. The normalized spacial score (nSPS) is 27.2. The number of rotatable bonds is 4. The minimum atomic E-state index is 0.00861. The standard InChI is InChI=1S/C13H26N2O/c1-4-10(3)14-13(16)15-12-8-6-11(5-2)7-9-12/h10-12H,4-9H2,1-3H3,(H2,14,15,16)/t10-,11?,12?/m0/s1. The smallest absolute Gasteiger partial charge is 0.315 e. The first-order valence-electron chi connectivity index (χ1n) is 6.72. The van der Waals surface area contributed by atoms with Gasteiger partial charge in [0.1, 0.15) is 0 Å². The van der Waals surface area contributed by atoms with Gasteiger partial charge in [-0.2, -0.15) is 0 Å². The average molecular weight is 226 g/mol. The number of hydrogen-bond donors (Lipinski definition) is 2. The van der Waals surface area contributed by atoms with Crippen LogP contribution in [0.1, 0.15) is 59.3 Å². The Morgan fingerprint density at radius 2 is 1.88 bits per heavy atom. The summed E-state index contributed by atoms with van der Waals surface area (Å²) in [6.45, 7) is 6.37. The van der Waals surface area contributed by atoms with Crippen LogP contribution in [0.5, 0.6) is 0 Å². The Bertz CT molecular complexity index is 210. The SMILES string of the molecule is CCC1CCC(NC(=O)N[C@@H](C)CC)CC1. The Balaban J connectivity index is 2.20. The molecule has 1 rings (SSSR count). The molecule has 1 aliphatic rings. The van der Waals surface area contributed by atoms with E-state index < -0.39 is 0 Å². The van der Waals surface area contributed by atoms with Crippen LogP contribution in [0, 0.1) is 5.92 Å². The number of hydrogen-bond acceptors (Lipinski definition) is 1. The highest BCUT2D eigenvalue weighted by atomic mass is 16.2. The number of amides is 2. The molecular weight excluding hydrogens is 200 g/mol. The van der Waals surface area contributed by atoms with Crippen molar-refractivity contribution in [2.45, 2.75) is 71.4 Å². The third kappa shape index (κ3) is 4.42. The van der Waals surface area contributed by atoms with E-state index >= 15 is 0 Å². The van der Waals surface area contributed by atoms with Crippen LogP contribution in [-0.2, 0) is 0 Å². The van der Waals surface area contributed by atoms with Crippen LogP contribution in [0.15, 0.2) is 0 Å². The van der Waals surface area contributed by atoms with E-state index in [1.165, 1.54) is 19.3 Å². The zero-order chi connectivity index (χ0) is 12.0. The molecular formula is C13H26N2O. The van der Waals surface area contributed by atoms with E-state index in [-0.39, 0.29) is 12.1 Å². The van der Waals surface area contributed by atoms with Crippen molar-refractivity contribution >= 4 is 6.03 Å². The maximum Gasteiger partial charge on any atom is 0.315 e. The minimum absolute atomic E-state index is 0.00861. The molecule has 0 spiro atoms. The van der Waals surface area contributed by atoms with Crippen LogP contribution in [0.3, 0.4) is 0 Å². The Kier molecular flexibility index (Phi) is 5.64. The molecule has 0 bridgehead atoms. The van der Waals surface area contributed by atoms with Gasteiger partial charge in [0, 0.05) is 12.1 Å². The molecule has 3 nitrogen and oxygen atoms in total. The van der Waals surface area contributed by atoms with Gasteiger partial charge in [-0.15, -0.1) is 0 Å². The lowest BCUT2D eigenvalue weighted by Crippen LogP contribution is -2.46. The van der Waals surface area contributed by atoms with E-state index in [9.17, 15) is 4.79 Å². The van der Waals surface area contributed by atoms with Crippen LogP contribution in [0.25, 0.3) is 0 Å². The van der Waals surface area contributed by atoms with Gasteiger partial charge in [0.2, 0.25) is 0 Å². The summed E-state index contributed by atoms with van der Waals surface area (Å²) in [5.41, 5.74) is 0. The van der Waals surface area contributed by atoms with Crippen LogP contribution >= 0.6 is 0 Å². The topological polar surface area (TPSA) is 41.1 Å². The van der Waals surface area contributed by atoms with Gasteiger partial charge in [-0.1, -0.05) is 20.3 Å². The van der Waals surface area contributed by atoms with Gasteiger partial charge in [-0.3, -0.25) is 0 Å². The quantitative estimate of drug-likeness (QED) is 0.760. The van der Waals surface area contributed by atoms with Crippen molar-refractivity contribution in [3.8, 4) is 0 Å². The molecule has 3 heteroatoms. The maximum atomic E-state index is 11.6.